The number of aliphatic imine (C=N–C) groups is 1. The third kappa shape index (κ3) is 1.96. The molecule has 0 radical (unpaired) electrons. The molecule has 0 amide bonds. The molecule has 0 heterocycles. The van der Waals surface area contributed by atoms with Crippen molar-refractivity contribution < 1.29 is 0 Å². The first kappa shape index (κ1) is 3.96. The molecule has 0 aromatic rings. The monoisotopic (exact) mass is 77.0 g/mol. The predicted molar refractivity (Wildman–Crippen MR) is 20.3 cm³/mol. The minimum absolute atomic E-state index is 0.306. The van der Waals surface area contributed by atoms with Gasteiger partial charge in [-0.3, -0.25) is 4.99 Å². The lowest BCUT2D eigenvalue weighted by Gasteiger charge is -1.58. The Hall–Kier alpha value is -0.0400. The minimum atomic E-state index is 0.306. The quantitative estimate of drug-likeness (QED) is 0.250. The lowest BCUT2D eigenvalue weighted by molar-refractivity contribution is 1.40. The number of alkyl halides is 1. The van der Waals surface area contributed by atoms with Crippen molar-refractivity contribution in [3.8, 4) is 0 Å². The van der Waals surface area contributed by atoms with Crippen LogP contribution in [0.5, 0.6) is 0 Å². The first-order valence-corrected chi connectivity index (χ1v) is 1.43. The molecule has 0 aliphatic rings. The van der Waals surface area contributed by atoms with Crippen LogP contribution >= 0.6 is 11.6 Å². The number of halogens is 1. The summed E-state index contributed by atoms with van der Waals surface area (Å²) < 4.78 is 0. The van der Waals surface area contributed by atoms with Crippen LogP contribution in [0.25, 0.3) is 0 Å². The van der Waals surface area contributed by atoms with Gasteiger partial charge >= 0.3 is 0 Å². The second kappa shape index (κ2) is 2.96. The Balaban J connectivity index is 2.30. The second-order valence-electron chi connectivity index (χ2n) is 0.343. The lowest BCUT2D eigenvalue weighted by Crippen LogP contribution is -1.47. The first-order valence-electron chi connectivity index (χ1n) is 0.900. The molecular formula is C2H4ClN. The number of hydrogen-bond donors (Lipinski definition) is 0. The summed E-state index contributed by atoms with van der Waals surface area (Å²) in [6.07, 6.45) is 0. The molecule has 0 aliphatic carbocycles. The maximum atomic E-state index is 4.96. The zero-order chi connectivity index (χ0) is 3.41. The van der Waals surface area contributed by atoms with Crippen LogP contribution in [0.2, 0.25) is 0 Å². The normalized spacial score (nSPS) is 6.25. The highest BCUT2D eigenvalue weighted by atomic mass is 35.5. The fourth-order valence-corrected chi connectivity index (χ4v) is 0. The fourth-order valence-electron chi connectivity index (χ4n) is 0. The Morgan fingerprint density at radius 1 is 2.00 bits per heavy atom. The molecule has 0 rings (SSSR count). The number of hydrogen-bond acceptors (Lipinski definition) is 1. The van der Waals surface area contributed by atoms with Gasteiger partial charge in [-0.1, -0.05) is 0 Å². The van der Waals surface area contributed by atoms with Crippen LogP contribution in [0.4, 0.5) is 0 Å². The van der Waals surface area contributed by atoms with Crippen molar-refractivity contribution in [2.45, 2.75) is 0 Å². The zero-order valence-electron chi connectivity index (χ0n) is 2.24. The molecule has 0 saturated heterocycles. The van der Waals surface area contributed by atoms with Gasteiger partial charge in [0, 0.05) is 0 Å². The SMILES string of the molecule is C=NCCl. The third-order valence-electron chi connectivity index (χ3n) is 0.0845. The van der Waals surface area contributed by atoms with Crippen LogP contribution in [-0.4, -0.2) is 12.7 Å². The molecule has 0 fully saturated rings. The lowest BCUT2D eigenvalue weighted by atomic mass is 11.4. The summed E-state index contributed by atoms with van der Waals surface area (Å²) in [5.74, 6) is 0. The molecule has 0 atom stereocenters. The highest BCUT2D eigenvalue weighted by molar-refractivity contribution is 6.17. The maximum absolute atomic E-state index is 4.96. The summed E-state index contributed by atoms with van der Waals surface area (Å²) in [6.45, 7) is 3.10. The molecule has 0 unspecified atom stereocenters. The van der Waals surface area contributed by atoms with Gasteiger partial charge in [-0.15, -0.1) is 11.6 Å². The van der Waals surface area contributed by atoms with Crippen LogP contribution in [0, 0.1) is 0 Å². The number of nitrogens with zero attached hydrogens (tertiary/aromatic N) is 1. The Morgan fingerprint density at radius 3 is 2.25 bits per heavy atom. The van der Waals surface area contributed by atoms with Gasteiger partial charge in [-0.2, -0.15) is 0 Å². The van der Waals surface area contributed by atoms with E-state index in [0.29, 0.717) is 6.00 Å². The van der Waals surface area contributed by atoms with Gasteiger partial charge in [-0.05, 0) is 6.72 Å². The summed E-state index contributed by atoms with van der Waals surface area (Å²) in [6, 6.07) is 0.306. The molecule has 24 valence electrons. The van der Waals surface area contributed by atoms with E-state index < -0.39 is 0 Å². The molecule has 1 nitrogen and oxygen atoms in total. The van der Waals surface area contributed by atoms with E-state index in [0.717, 1.165) is 0 Å². The maximum Gasteiger partial charge on any atom is 0.112 e. The van der Waals surface area contributed by atoms with Crippen molar-refractivity contribution >= 4 is 18.3 Å². The summed E-state index contributed by atoms with van der Waals surface area (Å²) >= 11 is 4.96. The van der Waals surface area contributed by atoms with Gasteiger partial charge in [0.1, 0.15) is 6.00 Å². The van der Waals surface area contributed by atoms with Crippen molar-refractivity contribution in [2.24, 2.45) is 4.99 Å². The van der Waals surface area contributed by atoms with Crippen LogP contribution < -0.4 is 0 Å². The summed E-state index contributed by atoms with van der Waals surface area (Å²) in [5, 5.41) is 0. The largest absolute Gasteiger partial charge is 0.285 e. The van der Waals surface area contributed by atoms with Crippen molar-refractivity contribution in [2.75, 3.05) is 6.00 Å². The van der Waals surface area contributed by atoms with E-state index in [1.807, 2.05) is 0 Å². The average molecular weight is 77.5 g/mol. The van der Waals surface area contributed by atoms with Gasteiger partial charge in [0.05, 0.1) is 0 Å². The molecule has 0 spiro atoms. The Morgan fingerprint density at radius 2 is 2.25 bits per heavy atom. The smallest absolute Gasteiger partial charge is 0.112 e. The standard InChI is InChI=1S/C2H4ClN/c1-4-2-3/h1-2H2. The molecule has 0 N–H and O–H groups in total. The summed E-state index contributed by atoms with van der Waals surface area (Å²) in [4.78, 5) is 3.25. The van der Waals surface area contributed by atoms with Crippen molar-refractivity contribution in [1.82, 2.24) is 0 Å². The van der Waals surface area contributed by atoms with Gasteiger partial charge in [0.15, 0.2) is 0 Å². The Labute approximate surface area is 30.3 Å². The van der Waals surface area contributed by atoms with Crippen molar-refractivity contribution in [3.05, 3.63) is 0 Å². The van der Waals surface area contributed by atoms with Crippen LogP contribution in [0.1, 0.15) is 0 Å². The molecular weight excluding hydrogens is 73.5 g/mol. The summed E-state index contributed by atoms with van der Waals surface area (Å²) in [7, 11) is 0. The van der Waals surface area contributed by atoms with Crippen molar-refractivity contribution in [1.29, 1.82) is 0 Å². The topological polar surface area (TPSA) is 12.4 Å². The molecule has 4 heavy (non-hydrogen) atoms. The second-order valence-corrected chi connectivity index (χ2v) is 0.582. The van der Waals surface area contributed by atoms with E-state index in [1.165, 1.54) is 0 Å². The highest BCUT2D eigenvalue weighted by Gasteiger charge is 1.46. The van der Waals surface area contributed by atoms with E-state index in [1.54, 1.807) is 0 Å². The number of rotatable bonds is 1. The average Bonchev–Trinajstić information content (AvgIpc) is 1.37. The van der Waals surface area contributed by atoms with E-state index >= 15 is 0 Å². The van der Waals surface area contributed by atoms with Crippen molar-refractivity contribution in [3.63, 3.8) is 0 Å². The van der Waals surface area contributed by atoms with E-state index in [9.17, 15) is 0 Å². The molecule has 0 saturated carbocycles. The fraction of sp³-hybridized carbons (Fsp3) is 0.500. The third-order valence-corrected chi connectivity index (χ3v) is 0.254. The molecule has 0 aromatic carbocycles. The Kier molecular flexibility index (Phi) is 2.93. The van der Waals surface area contributed by atoms with Crippen LogP contribution in [0.15, 0.2) is 4.99 Å². The van der Waals surface area contributed by atoms with Crippen LogP contribution in [-0.2, 0) is 0 Å². The summed E-state index contributed by atoms with van der Waals surface area (Å²) in [5.41, 5.74) is 0. The van der Waals surface area contributed by atoms with Gasteiger partial charge in [-0.25, -0.2) is 0 Å². The molecule has 2 heteroatoms. The van der Waals surface area contributed by atoms with E-state index in [-0.39, 0.29) is 0 Å². The highest BCUT2D eigenvalue weighted by Crippen LogP contribution is 1.66. The van der Waals surface area contributed by atoms with Gasteiger partial charge < -0.3 is 0 Å². The van der Waals surface area contributed by atoms with Crippen LogP contribution in [0.3, 0.4) is 0 Å². The Bertz CT molecular complexity index is 20.0. The zero-order valence-corrected chi connectivity index (χ0v) is 3.00. The minimum Gasteiger partial charge on any atom is -0.285 e. The van der Waals surface area contributed by atoms with E-state index in [2.05, 4.69) is 11.7 Å². The molecule has 0 aromatic heterocycles. The van der Waals surface area contributed by atoms with E-state index in [4.69, 9.17) is 11.6 Å². The predicted octanol–water partition coefficient (Wildman–Crippen LogP) is 0.883. The van der Waals surface area contributed by atoms with Gasteiger partial charge in [0.25, 0.3) is 0 Å². The first-order chi connectivity index (χ1) is 1.91. The van der Waals surface area contributed by atoms with Gasteiger partial charge in [0.2, 0.25) is 0 Å². The molecule has 0 bridgehead atoms. The molecule has 0 aliphatic heterocycles.